The lowest BCUT2D eigenvalue weighted by Crippen LogP contribution is -2.21. The number of thiophene rings is 1. The van der Waals surface area contributed by atoms with Gasteiger partial charge in [0.25, 0.3) is 0 Å². The Morgan fingerprint density at radius 2 is 2.16 bits per heavy atom. The van der Waals surface area contributed by atoms with Crippen molar-refractivity contribution < 1.29 is 4.79 Å². The molecule has 0 bridgehead atoms. The van der Waals surface area contributed by atoms with Crippen LogP contribution in [0.5, 0.6) is 0 Å². The van der Waals surface area contributed by atoms with Crippen LogP contribution in [0.25, 0.3) is 0 Å². The Hall–Kier alpha value is -0.500. The molecule has 0 fully saturated rings. The van der Waals surface area contributed by atoms with Crippen LogP contribution in [-0.4, -0.2) is 41.1 Å². The maximum absolute atomic E-state index is 12.5. The third-order valence-electron chi connectivity index (χ3n) is 2.57. The minimum Gasteiger partial charge on any atom is -0.308 e. The SMILES string of the molecule is CN(C)CCn1ncc(Br)c1C(=O)c1ccc(Br)s1. The molecule has 2 heterocycles. The monoisotopic (exact) mass is 405 g/mol. The van der Waals surface area contributed by atoms with Crippen molar-refractivity contribution in [1.29, 1.82) is 0 Å². The molecule has 0 atom stereocenters. The van der Waals surface area contributed by atoms with Crippen molar-refractivity contribution in [1.82, 2.24) is 14.7 Å². The molecule has 2 rings (SSSR count). The number of hydrogen-bond donors (Lipinski definition) is 0. The Balaban J connectivity index is 2.28. The zero-order chi connectivity index (χ0) is 14.0. The molecule has 102 valence electrons. The van der Waals surface area contributed by atoms with Crippen molar-refractivity contribution in [3.8, 4) is 0 Å². The fourth-order valence-corrected chi connectivity index (χ4v) is 3.41. The van der Waals surface area contributed by atoms with E-state index in [4.69, 9.17) is 0 Å². The topological polar surface area (TPSA) is 38.1 Å². The van der Waals surface area contributed by atoms with Crippen molar-refractivity contribution in [2.24, 2.45) is 0 Å². The summed E-state index contributed by atoms with van der Waals surface area (Å²) in [4.78, 5) is 15.3. The summed E-state index contributed by atoms with van der Waals surface area (Å²) in [6.07, 6.45) is 1.67. The lowest BCUT2D eigenvalue weighted by Gasteiger charge is -2.11. The fourth-order valence-electron chi connectivity index (χ4n) is 1.61. The van der Waals surface area contributed by atoms with Crippen LogP contribution in [0, 0.1) is 0 Å². The highest BCUT2D eigenvalue weighted by atomic mass is 79.9. The van der Waals surface area contributed by atoms with E-state index in [0.717, 1.165) is 14.8 Å². The van der Waals surface area contributed by atoms with Gasteiger partial charge in [-0.1, -0.05) is 0 Å². The lowest BCUT2D eigenvalue weighted by atomic mass is 10.2. The Labute approximate surface area is 132 Å². The molecule has 0 radical (unpaired) electrons. The number of halogens is 2. The summed E-state index contributed by atoms with van der Waals surface area (Å²) in [5, 5.41) is 4.26. The zero-order valence-electron chi connectivity index (χ0n) is 10.6. The van der Waals surface area contributed by atoms with E-state index in [9.17, 15) is 4.79 Å². The van der Waals surface area contributed by atoms with Crippen LogP contribution in [0.1, 0.15) is 15.4 Å². The average molecular weight is 407 g/mol. The minimum absolute atomic E-state index is 0.00108. The molecule has 2 aromatic heterocycles. The number of hydrogen-bond acceptors (Lipinski definition) is 4. The van der Waals surface area contributed by atoms with Gasteiger partial charge in [-0.2, -0.15) is 5.10 Å². The van der Waals surface area contributed by atoms with Crippen molar-refractivity contribution in [3.05, 3.63) is 37.2 Å². The molecule has 0 spiro atoms. The van der Waals surface area contributed by atoms with Gasteiger partial charge in [-0.3, -0.25) is 9.48 Å². The van der Waals surface area contributed by atoms with E-state index in [1.165, 1.54) is 11.3 Å². The summed E-state index contributed by atoms with van der Waals surface area (Å²) < 4.78 is 3.44. The van der Waals surface area contributed by atoms with Crippen molar-refractivity contribution in [2.45, 2.75) is 6.54 Å². The van der Waals surface area contributed by atoms with Crippen molar-refractivity contribution in [3.63, 3.8) is 0 Å². The van der Waals surface area contributed by atoms with Crippen LogP contribution < -0.4 is 0 Å². The van der Waals surface area contributed by atoms with E-state index in [1.54, 1.807) is 10.9 Å². The summed E-state index contributed by atoms with van der Waals surface area (Å²) in [7, 11) is 3.99. The van der Waals surface area contributed by atoms with Gasteiger partial charge in [-0.15, -0.1) is 11.3 Å². The van der Waals surface area contributed by atoms with E-state index in [1.807, 2.05) is 26.2 Å². The Morgan fingerprint density at radius 3 is 2.74 bits per heavy atom. The standard InChI is InChI=1S/C12H13Br2N3OS/c1-16(2)5-6-17-11(8(13)7-15-17)12(18)9-3-4-10(14)19-9/h3-4,7H,5-6H2,1-2H3. The molecule has 0 aliphatic carbocycles. The quantitative estimate of drug-likeness (QED) is 0.715. The molecule has 0 unspecified atom stereocenters. The Kier molecular flexibility index (Phi) is 4.94. The van der Waals surface area contributed by atoms with E-state index in [-0.39, 0.29) is 5.78 Å². The van der Waals surface area contributed by atoms with Gasteiger partial charge < -0.3 is 4.90 Å². The predicted octanol–water partition coefficient (Wildman–Crippen LogP) is 3.26. The number of rotatable bonds is 5. The van der Waals surface area contributed by atoms with Gasteiger partial charge >= 0.3 is 0 Å². The molecule has 0 N–H and O–H groups in total. The van der Waals surface area contributed by atoms with Gasteiger partial charge in [0.15, 0.2) is 0 Å². The number of nitrogens with zero attached hydrogens (tertiary/aromatic N) is 3. The van der Waals surface area contributed by atoms with Gasteiger partial charge in [0.05, 0.1) is 25.9 Å². The second kappa shape index (κ2) is 6.30. The van der Waals surface area contributed by atoms with Crippen LogP contribution in [-0.2, 0) is 6.54 Å². The first-order chi connectivity index (χ1) is 8.99. The normalized spacial score (nSPS) is 11.2. The number of ketones is 1. The number of carbonyl (C=O) groups excluding carboxylic acids is 1. The first kappa shape index (κ1) is 14.9. The molecule has 0 aliphatic heterocycles. The van der Waals surface area contributed by atoms with Crippen molar-refractivity contribution in [2.75, 3.05) is 20.6 Å². The Morgan fingerprint density at radius 1 is 1.42 bits per heavy atom. The first-order valence-corrected chi connectivity index (χ1v) is 8.05. The van der Waals surface area contributed by atoms with Crippen LogP contribution >= 0.6 is 43.2 Å². The summed E-state index contributed by atoms with van der Waals surface area (Å²) in [5.41, 5.74) is 0.608. The lowest BCUT2D eigenvalue weighted by molar-refractivity contribution is 0.103. The van der Waals surface area contributed by atoms with Gasteiger partial charge in [0, 0.05) is 6.54 Å². The summed E-state index contributed by atoms with van der Waals surface area (Å²) in [6.45, 7) is 1.52. The third-order valence-corrected chi connectivity index (χ3v) is 4.77. The summed E-state index contributed by atoms with van der Waals surface area (Å²) in [6, 6.07) is 3.71. The summed E-state index contributed by atoms with van der Waals surface area (Å²) in [5.74, 6) is -0.00108. The van der Waals surface area contributed by atoms with Gasteiger partial charge in [0.1, 0.15) is 5.69 Å². The van der Waals surface area contributed by atoms with Gasteiger partial charge in [-0.25, -0.2) is 0 Å². The van der Waals surface area contributed by atoms with Gasteiger partial charge in [-0.05, 0) is 58.1 Å². The largest absolute Gasteiger partial charge is 0.308 e. The van der Waals surface area contributed by atoms with Crippen molar-refractivity contribution >= 4 is 49.0 Å². The molecular formula is C12H13Br2N3OS. The molecule has 0 saturated heterocycles. The highest BCUT2D eigenvalue weighted by Crippen LogP contribution is 2.27. The van der Waals surface area contributed by atoms with Gasteiger partial charge in [0.2, 0.25) is 5.78 Å². The number of carbonyl (C=O) groups is 1. The number of likely N-dealkylation sites (N-methyl/N-ethyl adjacent to an activating group) is 1. The molecule has 7 heteroatoms. The van der Waals surface area contributed by atoms with E-state index in [0.29, 0.717) is 17.1 Å². The number of aromatic nitrogens is 2. The molecule has 0 saturated carbocycles. The second-order valence-electron chi connectivity index (χ2n) is 4.30. The predicted molar refractivity (Wildman–Crippen MR) is 83.9 cm³/mol. The minimum atomic E-state index is -0.00108. The van der Waals surface area contributed by atoms with E-state index < -0.39 is 0 Å². The van der Waals surface area contributed by atoms with Crippen LogP contribution in [0.3, 0.4) is 0 Å². The average Bonchev–Trinajstić information content (AvgIpc) is 2.92. The maximum atomic E-state index is 12.5. The molecule has 2 aromatic rings. The highest BCUT2D eigenvalue weighted by molar-refractivity contribution is 9.11. The molecular weight excluding hydrogens is 394 g/mol. The molecule has 0 amide bonds. The first-order valence-electron chi connectivity index (χ1n) is 5.65. The van der Waals surface area contributed by atoms with Crippen LogP contribution in [0.15, 0.2) is 26.6 Å². The molecule has 19 heavy (non-hydrogen) atoms. The van der Waals surface area contributed by atoms with Crippen LogP contribution in [0.4, 0.5) is 0 Å². The molecule has 0 aliphatic rings. The molecule has 0 aromatic carbocycles. The Bertz CT molecular complexity index is 592. The molecule has 4 nitrogen and oxygen atoms in total. The maximum Gasteiger partial charge on any atom is 0.222 e. The zero-order valence-corrected chi connectivity index (χ0v) is 14.5. The van der Waals surface area contributed by atoms with E-state index >= 15 is 0 Å². The van der Waals surface area contributed by atoms with E-state index in [2.05, 4.69) is 41.9 Å². The fraction of sp³-hybridized carbons (Fsp3) is 0.333. The smallest absolute Gasteiger partial charge is 0.222 e. The summed E-state index contributed by atoms with van der Waals surface area (Å²) >= 11 is 8.21. The third kappa shape index (κ3) is 3.53. The second-order valence-corrected chi connectivity index (χ2v) is 7.62. The highest BCUT2D eigenvalue weighted by Gasteiger charge is 2.20. The van der Waals surface area contributed by atoms with Crippen LogP contribution in [0.2, 0.25) is 0 Å².